The van der Waals surface area contributed by atoms with Crippen LogP contribution in [0.4, 0.5) is 0 Å². The van der Waals surface area contributed by atoms with E-state index in [4.69, 9.17) is 4.74 Å². The first kappa shape index (κ1) is 12.6. The van der Waals surface area contributed by atoms with Crippen molar-refractivity contribution >= 4 is 22.6 Å². The Morgan fingerprint density at radius 3 is 2.71 bits per heavy atom. The fourth-order valence-electron chi connectivity index (χ4n) is 1.81. The van der Waals surface area contributed by atoms with Gasteiger partial charge in [-0.15, -0.1) is 0 Å². The van der Waals surface area contributed by atoms with Crippen LogP contribution in [0.1, 0.15) is 13.0 Å². The summed E-state index contributed by atoms with van der Waals surface area (Å²) in [7, 11) is 1.72. The monoisotopic (exact) mass is 342 g/mol. The minimum absolute atomic E-state index is 0.289. The van der Waals surface area contributed by atoms with Crippen LogP contribution in [0.5, 0.6) is 0 Å². The number of imidazole rings is 1. The summed E-state index contributed by atoms with van der Waals surface area (Å²) in [5.74, 6) is 0.992. The van der Waals surface area contributed by atoms with Crippen LogP contribution in [-0.4, -0.2) is 23.3 Å². The highest BCUT2D eigenvalue weighted by Gasteiger charge is 2.11. The lowest BCUT2D eigenvalue weighted by molar-refractivity contribution is 0.163. The maximum absolute atomic E-state index is 5.19. The third kappa shape index (κ3) is 2.87. The quantitative estimate of drug-likeness (QED) is 0.797. The number of ether oxygens (including phenoxy) is 1. The predicted molar refractivity (Wildman–Crippen MR) is 77.0 cm³/mol. The minimum atomic E-state index is 0.289. The van der Waals surface area contributed by atoms with Crippen LogP contribution in [0.15, 0.2) is 36.7 Å². The molecular weight excluding hydrogens is 327 g/mol. The Morgan fingerprint density at radius 2 is 2.06 bits per heavy atom. The molecule has 2 rings (SSSR count). The SMILES string of the molecule is COCC(C)n1ccnc1-c1ccc(I)cc1. The smallest absolute Gasteiger partial charge is 0.140 e. The standard InChI is InChI=1S/C13H15IN2O/c1-10(9-17-2)16-8-7-15-13(16)11-3-5-12(14)6-4-11/h3-8,10H,9H2,1-2H3. The molecule has 90 valence electrons. The highest BCUT2D eigenvalue weighted by Crippen LogP contribution is 2.22. The minimum Gasteiger partial charge on any atom is -0.383 e. The number of aromatic nitrogens is 2. The lowest BCUT2D eigenvalue weighted by Gasteiger charge is -2.15. The molecule has 4 heteroatoms. The molecule has 3 nitrogen and oxygen atoms in total. The van der Waals surface area contributed by atoms with E-state index < -0.39 is 0 Å². The molecule has 0 aliphatic carbocycles. The highest BCUT2D eigenvalue weighted by molar-refractivity contribution is 14.1. The van der Waals surface area contributed by atoms with Gasteiger partial charge in [-0.05, 0) is 41.6 Å². The Bertz CT molecular complexity index is 478. The average molecular weight is 342 g/mol. The topological polar surface area (TPSA) is 27.1 Å². The molecule has 0 aliphatic rings. The van der Waals surface area contributed by atoms with Crippen LogP contribution in [-0.2, 0) is 4.74 Å². The molecular formula is C13H15IN2O. The summed E-state index contributed by atoms with van der Waals surface area (Å²) in [6, 6.07) is 8.67. The van der Waals surface area contributed by atoms with Gasteiger partial charge in [-0.25, -0.2) is 4.98 Å². The number of halogens is 1. The van der Waals surface area contributed by atoms with Crippen molar-refractivity contribution < 1.29 is 4.74 Å². The van der Waals surface area contributed by atoms with E-state index in [2.05, 4.69) is 63.3 Å². The molecule has 2 aromatic rings. The Labute approximate surface area is 115 Å². The average Bonchev–Trinajstić information content (AvgIpc) is 2.79. The summed E-state index contributed by atoms with van der Waals surface area (Å²) in [6.07, 6.45) is 3.83. The van der Waals surface area contributed by atoms with Crippen molar-refractivity contribution in [2.75, 3.05) is 13.7 Å². The van der Waals surface area contributed by atoms with Gasteiger partial charge >= 0.3 is 0 Å². The van der Waals surface area contributed by atoms with E-state index in [9.17, 15) is 0 Å². The van der Waals surface area contributed by atoms with Crippen molar-refractivity contribution in [3.63, 3.8) is 0 Å². The zero-order valence-corrected chi connectivity index (χ0v) is 12.1. The maximum atomic E-state index is 5.19. The van der Waals surface area contributed by atoms with Gasteiger partial charge < -0.3 is 9.30 Å². The van der Waals surface area contributed by atoms with Gasteiger partial charge in [-0.1, -0.05) is 12.1 Å². The van der Waals surface area contributed by atoms with Gasteiger partial charge in [0.2, 0.25) is 0 Å². The van der Waals surface area contributed by atoms with Gasteiger partial charge in [0.1, 0.15) is 5.82 Å². The zero-order chi connectivity index (χ0) is 12.3. The van der Waals surface area contributed by atoms with E-state index in [1.807, 2.05) is 12.4 Å². The van der Waals surface area contributed by atoms with E-state index in [1.54, 1.807) is 7.11 Å². The second-order valence-corrected chi connectivity index (χ2v) is 5.22. The van der Waals surface area contributed by atoms with Gasteiger partial charge in [0, 0.05) is 28.6 Å². The molecule has 1 heterocycles. The molecule has 0 fully saturated rings. The van der Waals surface area contributed by atoms with Crippen LogP contribution in [0.3, 0.4) is 0 Å². The number of rotatable bonds is 4. The van der Waals surface area contributed by atoms with Crippen LogP contribution in [0.2, 0.25) is 0 Å². The Hall–Kier alpha value is -0.880. The van der Waals surface area contributed by atoms with Crippen LogP contribution < -0.4 is 0 Å². The number of hydrogen-bond donors (Lipinski definition) is 0. The van der Waals surface area contributed by atoms with Crippen LogP contribution >= 0.6 is 22.6 Å². The van der Waals surface area contributed by atoms with Crippen LogP contribution in [0, 0.1) is 3.57 Å². The molecule has 0 radical (unpaired) electrons. The van der Waals surface area contributed by atoms with Crippen molar-refractivity contribution in [1.82, 2.24) is 9.55 Å². The molecule has 1 atom stereocenters. The Kier molecular flexibility index (Phi) is 4.17. The second-order valence-electron chi connectivity index (χ2n) is 3.97. The fourth-order valence-corrected chi connectivity index (χ4v) is 2.17. The highest BCUT2D eigenvalue weighted by atomic mass is 127. The van der Waals surface area contributed by atoms with Crippen LogP contribution in [0.25, 0.3) is 11.4 Å². The van der Waals surface area contributed by atoms with Gasteiger partial charge in [0.05, 0.1) is 12.6 Å². The predicted octanol–water partition coefficient (Wildman–Crippen LogP) is 3.36. The summed E-state index contributed by atoms with van der Waals surface area (Å²) in [6.45, 7) is 2.81. The maximum Gasteiger partial charge on any atom is 0.140 e. The van der Waals surface area contributed by atoms with Crippen molar-refractivity contribution in [1.29, 1.82) is 0 Å². The summed E-state index contributed by atoms with van der Waals surface area (Å²) < 4.78 is 8.56. The molecule has 17 heavy (non-hydrogen) atoms. The second kappa shape index (κ2) is 5.64. The number of methoxy groups -OCH3 is 1. The van der Waals surface area contributed by atoms with E-state index in [-0.39, 0.29) is 6.04 Å². The van der Waals surface area contributed by atoms with E-state index in [1.165, 1.54) is 3.57 Å². The summed E-state index contributed by atoms with van der Waals surface area (Å²) in [5, 5.41) is 0. The van der Waals surface area contributed by atoms with Gasteiger partial charge in [-0.2, -0.15) is 0 Å². The van der Waals surface area contributed by atoms with Crippen molar-refractivity contribution in [2.45, 2.75) is 13.0 Å². The van der Waals surface area contributed by atoms with Gasteiger partial charge in [0.25, 0.3) is 0 Å². The van der Waals surface area contributed by atoms with Crippen molar-refractivity contribution in [3.8, 4) is 11.4 Å². The first-order chi connectivity index (χ1) is 8.22. The fraction of sp³-hybridized carbons (Fsp3) is 0.308. The summed E-state index contributed by atoms with van der Waals surface area (Å²) in [5.41, 5.74) is 1.14. The molecule has 0 amide bonds. The molecule has 0 saturated heterocycles. The Morgan fingerprint density at radius 1 is 1.35 bits per heavy atom. The molecule has 1 aromatic heterocycles. The van der Waals surface area contributed by atoms with E-state index in [0.29, 0.717) is 6.61 Å². The van der Waals surface area contributed by atoms with Crippen molar-refractivity contribution in [2.24, 2.45) is 0 Å². The first-order valence-electron chi connectivity index (χ1n) is 5.50. The molecule has 0 N–H and O–H groups in total. The molecule has 0 bridgehead atoms. The molecule has 1 unspecified atom stereocenters. The number of nitrogens with zero attached hydrogens (tertiary/aromatic N) is 2. The lowest BCUT2D eigenvalue weighted by atomic mass is 10.2. The normalized spacial score (nSPS) is 12.6. The van der Waals surface area contributed by atoms with Gasteiger partial charge in [-0.3, -0.25) is 0 Å². The third-order valence-corrected chi connectivity index (χ3v) is 3.37. The Balaban J connectivity index is 2.33. The van der Waals surface area contributed by atoms with E-state index in [0.717, 1.165) is 11.4 Å². The molecule has 0 saturated carbocycles. The third-order valence-electron chi connectivity index (χ3n) is 2.65. The first-order valence-corrected chi connectivity index (χ1v) is 6.58. The van der Waals surface area contributed by atoms with Crippen molar-refractivity contribution in [3.05, 3.63) is 40.2 Å². The van der Waals surface area contributed by atoms with Gasteiger partial charge in [0.15, 0.2) is 0 Å². The summed E-state index contributed by atoms with van der Waals surface area (Å²) >= 11 is 2.30. The summed E-state index contributed by atoms with van der Waals surface area (Å²) in [4.78, 5) is 4.42. The largest absolute Gasteiger partial charge is 0.383 e. The lowest BCUT2D eigenvalue weighted by Crippen LogP contribution is -2.11. The molecule has 0 spiro atoms. The number of benzene rings is 1. The van der Waals surface area contributed by atoms with E-state index >= 15 is 0 Å². The number of hydrogen-bond acceptors (Lipinski definition) is 2. The molecule has 0 aliphatic heterocycles. The molecule has 1 aromatic carbocycles. The zero-order valence-electron chi connectivity index (χ0n) is 9.93.